The van der Waals surface area contributed by atoms with Crippen LogP contribution in [0.2, 0.25) is 0 Å². The first-order valence-corrected chi connectivity index (χ1v) is 5.85. The number of nitrogens with one attached hydrogen (secondary N) is 1. The van der Waals surface area contributed by atoms with Crippen LogP contribution in [-0.2, 0) is 13.1 Å². The summed E-state index contributed by atoms with van der Waals surface area (Å²) in [6, 6.07) is 3.59. The minimum Gasteiger partial charge on any atom is -0.361 e. The van der Waals surface area contributed by atoms with Gasteiger partial charge in [-0.15, -0.1) is 0 Å². The summed E-state index contributed by atoms with van der Waals surface area (Å²) >= 11 is 0. The van der Waals surface area contributed by atoms with Crippen LogP contribution >= 0.6 is 0 Å². The molecule has 6 heteroatoms. The van der Waals surface area contributed by atoms with E-state index in [1.807, 2.05) is 6.92 Å². The Kier molecular flexibility index (Phi) is 3.89. The number of rotatable bonds is 4. The van der Waals surface area contributed by atoms with E-state index in [1.54, 1.807) is 6.20 Å². The van der Waals surface area contributed by atoms with E-state index < -0.39 is 11.6 Å². The van der Waals surface area contributed by atoms with Crippen molar-refractivity contribution in [1.29, 1.82) is 0 Å². The number of hydrogen-bond acceptors (Lipinski definition) is 3. The summed E-state index contributed by atoms with van der Waals surface area (Å²) in [6.45, 7) is 2.59. The summed E-state index contributed by atoms with van der Waals surface area (Å²) in [7, 11) is 0. The van der Waals surface area contributed by atoms with Gasteiger partial charge in [-0.3, -0.25) is 4.79 Å². The van der Waals surface area contributed by atoms with E-state index in [4.69, 9.17) is 0 Å². The van der Waals surface area contributed by atoms with Gasteiger partial charge in [0, 0.05) is 25.5 Å². The van der Waals surface area contributed by atoms with Crippen LogP contribution < -0.4 is 10.9 Å². The Balaban J connectivity index is 2.14. The van der Waals surface area contributed by atoms with Crippen LogP contribution in [0, 0.1) is 11.6 Å². The van der Waals surface area contributed by atoms with E-state index in [0.717, 1.165) is 12.1 Å². The molecule has 19 heavy (non-hydrogen) atoms. The van der Waals surface area contributed by atoms with Gasteiger partial charge in [-0.05, 0) is 24.6 Å². The van der Waals surface area contributed by atoms with Gasteiger partial charge < -0.3 is 9.88 Å². The third-order valence-corrected chi connectivity index (χ3v) is 2.70. The van der Waals surface area contributed by atoms with Gasteiger partial charge in [0.1, 0.15) is 0 Å². The van der Waals surface area contributed by atoms with Crippen molar-refractivity contribution in [3.8, 4) is 0 Å². The Morgan fingerprint density at radius 3 is 2.79 bits per heavy atom. The molecule has 0 aliphatic carbocycles. The van der Waals surface area contributed by atoms with Gasteiger partial charge >= 0.3 is 0 Å². The molecule has 1 N–H and O–H groups in total. The van der Waals surface area contributed by atoms with E-state index in [-0.39, 0.29) is 17.9 Å². The van der Waals surface area contributed by atoms with E-state index in [2.05, 4.69) is 10.3 Å². The second kappa shape index (κ2) is 5.60. The van der Waals surface area contributed by atoms with Gasteiger partial charge in [-0.25, -0.2) is 13.8 Å². The Morgan fingerprint density at radius 1 is 1.32 bits per heavy atom. The van der Waals surface area contributed by atoms with Crippen LogP contribution in [0.1, 0.15) is 12.5 Å². The molecule has 2 rings (SSSR count). The predicted octanol–water partition coefficient (Wildman–Crippen LogP) is 2.15. The highest BCUT2D eigenvalue weighted by molar-refractivity contribution is 5.33. The largest absolute Gasteiger partial charge is 0.361 e. The lowest BCUT2D eigenvalue weighted by Crippen LogP contribution is -2.23. The maximum absolute atomic E-state index is 13.0. The fourth-order valence-corrected chi connectivity index (χ4v) is 1.65. The van der Waals surface area contributed by atoms with Crippen LogP contribution in [0.4, 0.5) is 14.6 Å². The van der Waals surface area contributed by atoms with Crippen LogP contribution in [0.5, 0.6) is 0 Å². The Hall–Kier alpha value is -2.24. The fourth-order valence-electron chi connectivity index (χ4n) is 1.65. The van der Waals surface area contributed by atoms with Gasteiger partial charge in [0.15, 0.2) is 17.5 Å². The van der Waals surface area contributed by atoms with Gasteiger partial charge in [0.05, 0.1) is 0 Å². The summed E-state index contributed by atoms with van der Waals surface area (Å²) in [5.74, 6) is -1.62. The topological polar surface area (TPSA) is 46.9 Å². The lowest BCUT2D eigenvalue weighted by molar-refractivity contribution is 0.507. The minimum absolute atomic E-state index is 0.189. The molecule has 1 heterocycles. The van der Waals surface area contributed by atoms with E-state index in [0.29, 0.717) is 12.1 Å². The van der Waals surface area contributed by atoms with Crippen LogP contribution in [0.15, 0.2) is 35.4 Å². The second-order valence-corrected chi connectivity index (χ2v) is 3.97. The average molecular weight is 265 g/mol. The minimum atomic E-state index is -0.911. The number of anilines is 1. The van der Waals surface area contributed by atoms with Crippen molar-refractivity contribution in [3.63, 3.8) is 0 Å². The van der Waals surface area contributed by atoms with Crippen molar-refractivity contribution in [2.75, 3.05) is 5.32 Å². The van der Waals surface area contributed by atoms with Crippen molar-refractivity contribution in [2.24, 2.45) is 0 Å². The first-order chi connectivity index (χ1) is 9.11. The smallest absolute Gasteiger partial charge is 0.293 e. The number of aryl methyl sites for hydroxylation is 1. The molecule has 100 valence electrons. The van der Waals surface area contributed by atoms with E-state index in [9.17, 15) is 13.6 Å². The SMILES string of the molecule is CCn1ccnc(NCc2ccc(F)c(F)c2)c1=O. The summed E-state index contributed by atoms with van der Waals surface area (Å²) in [5, 5.41) is 2.82. The summed E-state index contributed by atoms with van der Waals surface area (Å²) in [6.07, 6.45) is 3.10. The van der Waals surface area contributed by atoms with Crippen molar-refractivity contribution >= 4 is 5.82 Å². The zero-order valence-corrected chi connectivity index (χ0v) is 10.4. The van der Waals surface area contributed by atoms with Gasteiger partial charge in [0.2, 0.25) is 0 Å². The summed E-state index contributed by atoms with van der Waals surface area (Å²) in [5.41, 5.74) is 0.291. The monoisotopic (exact) mass is 265 g/mol. The molecule has 4 nitrogen and oxygen atoms in total. The van der Waals surface area contributed by atoms with E-state index in [1.165, 1.54) is 16.8 Å². The second-order valence-electron chi connectivity index (χ2n) is 3.97. The zero-order valence-electron chi connectivity index (χ0n) is 10.4. The third-order valence-electron chi connectivity index (χ3n) is 2.70. The highest BCUT2D eigenvalue weighted by Crippen LogP contribution is 2.09. The Morgan fingerprint density at radius 2 is 2.11 bits per heavy atom. The maximum Gasteiger partial charge on any atom is 0.293 e. The molecule has 0 aliphatic heterocycles. The molecule has 0 spiro atoms. The highest BCUT2D eigenvalue weighted by Gasteiger charge is 2.05. The predicted molar refractivity (Wildman–Crippen MR) is 67.9 cm³/mol. The number of nitrogens with zero attached hydrogens (tertiary/aromatic N) is 2. The van der Waals surface area contributed by atoms with Crippen LogP contribution in [0.25, 0.3) is 0 Å². The Bertz CT molecular complexity index is 640. The quantitative estimate of drug-likeness (QED) is 0.921. The normalized spacial score (nSPS) is 10.5. The number of aromatic nitrogens is 2. The van der Waals surface area contributed by atoms with Crippen LogP contribution in [-0.4, -0.2) is 9.55 Å². The average Bonchev–Trinajstić information content (AvgIpc) is 2.41. The van der Waals surface area contributed by atoms with Crippen molar-refractivity contribution in [2.45, 2.75) is 20.0 Å². The molecule has 2 aromatic rings. The highest BCUT2D eigenvalue weighted by atomic mass is 19.2. The standard InChI is InChI=1S/C13H13F2N3O/c1-2-18-6-5-16-12(13(18)19)17-8-9-3-4-10(14)11(15)7-9/h3-7H,2,8H2,1H3,(H,16,17). The fraction of sp³-hybridized carbons (Fsp3) is 0.231. The molecule has 0 unspecified atom stereocenters. The van der Waals surface area contributed by atoms with Crippen molar-refractivity contribution in [3.05, 3.63) is 58.1 Å². The van der Waals surface area contributed by atoms with Gasteiger partial charge in [0.25, 0.3) is 5.56 Å². The molecule has 0 atom stereocenters. The molecule has 0 bridgehead atoms. The molecular formula is C13H13F2N3O. The van der Waals surface area contributed by atoms with Crippen molar-refractivity contribution < 1.29 is 8.78 Å². The number of benzene rings is 1. The molecular weight excluding hydrogens is 252 g/mol. The van der Waals surface area contributed by atoms with Gasteiger partial charge in [-0.2, -0.15) is 0 Å². The third kappa shape index (κ3) is 2.96. The molecule has 0 radical (unpaired) electrons. The number of hydrogen-bond donors (Lipinski definition) is 1. The molecule has 0 amide bonds. The molecule has 0 fully saturated rings. The Labute approximate surface area is 108 Å². The molecule has 1 aromatic carbocycles. The molecule has 0 aliphatic rings. The first kappa shape index (κ1) is 13.2. The molecule has 0 saturated carbocycles. The lowest BCUT2D eigenvalue weighted by atomic mass is 10.2. The van der Waals surface area contributed by atoms with Gasteiger partial charge in [-0.1, -0.05) is 6.07 Å². The van der Waals surface area contributed by atoms with E-state index >= 15 is 0 Å². The summed E-state index contributed by atoms with van der Waals surface area (Å²) in [4.78, 5) is 15.8. The maximum atomic E-state index is 13.0. The molecule has 1 aromatic heterocycles. The van der Waals surface area contributed by atoms with Crippen molar-refractivity contribution in [1.82, 2.24) is 9.55 Å². The molecule has 0 saturated heterocycles. The lowest BCUT2D eigenvalue weighted by Gasteiger charge is -2.07. The summed E-state index contributed by atoms with van der Waals surface area (Å²) < 4.78 is 27.3. The van der Waals surface area contributed by atoms with Crippen LogP contribution in [0.3, 0.4) is 0 Å². The zero-order chi connectivity index (χ0) is 13.8. The first-order valence-electron chi connectivity index (χ1n) is 5.85. The number of halogens is 2.